The summed E-state index contributed by atoms with van der Waals surface area (Å²) in [6.07, 6.45) is 1.53. The molecule has 0 saturated carbocycles. The lowest BCUT2D eigenvalue weighted by atomic mass is 9.91. The highest BCUT2D eigenvalue weighted by Gasteiger charge is 2.30. The second kappa shape index (κ2) is 8.38. The van der Waals surface area contributed by atoms with Crippen molar-refractivity contribution in [2.75, 3.05) is 32.8 Å². The van der Waals surface area contributed by atoms with Crippen LogP contribution in [-0.4, -0.2) is 55.0 Å². The largest absolute Gasteiger partial charge is 0.450 e. The Morgan fingerprint density at radius 2 is 2.21 bits per heavy atom. The molecule has 0 bridgehead atoms. The van der Waals surface area contributed by atoms with E-state index < -0.39 is 0 Å². The van der Waals surface area contributed by atoms with Crippen LogP contribution in [0, 0.1) is 11.8 Å². The third-order valence-electron chi connectivity index (χ3n) is 3.42. The Kier molecular flexibility index (Phi) is 7.16. The predicted octanol–water partition coefficient (Wildman–Crippen LogP) is 1.46. The third kappa shape index (κ3) is 5.78. The van der Waals surface area contributed by atoms with Gasteiger partial charge in [-0.05, 0) is 38.1 Å². The molecule has 0 aromatic rings. The lowest BCUT2D eigenvalue weighted by molar-refractivity contribution is 0.0731. The van der Waals surface area contributed by atoms with Gasteiger partial charge in [-0.2, -0.15) is 0 Å². The molecule has 1 saturated heterocycles. The van der Waals surface area contributed by atoms with Crippen LogP contribution in [0.15, 0.2) is 0 Å². The minimum Gasteiger partial charge on any atom is -0.450 e. The van der Waals surface area contributed by atoms with Crippen molar-refractivity contribution in [2.45, 2.75) is 39.7 Å². The van der Waals surface area contributed by atoms with Gasteiger partial charge in [0.25, 0.3) is 0 Å². The highest BCUT2D eigenvalue weighted by Crippen LogP contribution is 2.20. The molecule has 2 N–H and O–H groups in total. The standard InChI is InChI=1S/C14H28N2O3/c1-4-19-14(18)16-9-12(5-6-17)7-13(10-16)15-8-11(2)3/h11-13,15,17H,4-10H2,1-3H3. The van der Waals surface area contributed by atoms with Crippen molar-refractivity contribution in [1.29, 1.82) is 0 Å². The molecule has 0 radical (unpaired) electrons. The fourth-order valence-electron chi connectivity index (χ4n) is 2.51. The fraction of sp³-hybridized carbons (Fsp3) is 0.929. The molecule has 1 aliphatic heterocycles. The Morgan fingerprint density at radius 1 is 1.47 bits per heavy atom. The molecule has 5 nitrogen and oxygen atoms in total. The first-order chi connectivity index (χ1) is 9.06. The van der Waals surface area contributed by atoms with Gasteiger partial charge in [0.2, 0.25) is 0 Å². The number of aliphatic hydroxyl groups excluding tert-OH is 1. The SMILES string of the molecule is CCOC(=O)N1CC(CCO)CC(NCC(C)C)C1. The zero-order chi connectivity index (χ0) is 14.3. The Morgan fingerprint density at radius 3 is 2.79 bits per heavy atom. The number of hydrogen-bond donors (Lipinski definition) is 2. The summed E-state index contributed by atoms with van der Waals surface area (Å²) in [5.74, 6) is 0.946. The topological polar surface area (TPSA) is 61.8 Å². The van der Waals surface area contributed by atoms with E-state index in [9.17, 15) is 4.79 Å². The molecule has 1 aliphatic rings. The molecule has 0 aliphatic carbocycles. The number of piperidine rings is 1. The molecule has 2 atom stereocenters. The van der Waals surface area contributed by atoms with E-state index in [2.05, 4.69) is 19.2 Å². The maximum absolute atomic E-state index is 11.8. The van der Waals surface area contributed by atoms with Gasteiger partial charge in [-0.25, -0.2) is 4.79 Å². The molecule has 1 heterocycles. The van der Waals surface area contributed by atoms with E-state index in [-0.39, 0.29) is 12.7 Å². The summed E-state index contributed by atoms with van der Waals surface area (Å²) >= 11 is 0. The van der Waals surface area contributed by atoms with Crippen LogP contribution in [-0.2, 0) is 4.74 Å². The van der Waals surface area contributed by atoms with E-state index in [0.29, 0.717) is 37.6 Å². The molecular weight excluding hydrogens is 244 g/mol. The molecule has 112 valence electrons. The second-order valence-corrected chi connectivity index (χ2v) is 5.72. The quantitative estimate of drug-likeness (QED) is 0.768. The van der Waals surface area contributed by atoms with Crippen molar-refractivity contribution in [2.24, 2.45) is 11.8 Å². The Labute approximate surface area is 116 Å². The minimum absolute atomic E-state index is 0.179. The highest BCUT2D eigenvalue weighted by molar-refractivity contribution is 5.67. The second-order valence-electron chi connectivity index (χ2n) is 5.72. The normalized spacial score (nSPS) is 23.7. The third-order valence-corrected chi connectivity index (χ3v) is 3.42. The lowest BCUT2D eigenvalue weighted by Crippen LogP contribution is -2.52. The molecule has 0 aromatic carbocycles. The molecule has 0 spiro atoms. The average molecular weight is 272 g/mol. The number of ether oxygens (including phenoxy) is 1. The van der Waals surface area contributed by atoms with Crippen molar-refractivity contribution < 1.29 is 14.6 Å². The van der Waals surface area contributed by atoms with Crippen molar-refractivity contribution in [3.8, 4) is 0 Å². The van der Waals surface area contributed by atoms with Crippen LogP contribution in [0.5, 0.6) is 0 Å². The average Bonchev–Trinajstić information content (AvgIpc) is 2.37. The van der Waals surface area contributed by atoms with E-state index >= 15 is 0 Å². The summed E-state index contributed by atoms with van der Waals surface area (Å²) < 4.78 is 5.08. The zero-order valence-corrected chi connectivity index (χ0v) is 12.4. The van der Waals surface area contributed by atoms with Crippen LogP contribution in [0.3, 0.4) is 0 Å². The van der Waals surface area contributed by atoms with Crippen LogP contribution in [0.2, 0.25) is 0 Å². The molecule has 0 aromatic heterocycles. The van der Waals surface area contributed by atoms with Gasteiger partial charge in [-0.1, -0.05) is 13.8 Å². The summed E-state index contributed by atoms with van der Waals surface area (Å²) in [7, 11) is 0. The molecule has 5 heteroatoms. The van der Waals surface area contributed by atoms with Crippen LogP contribution in [0.1, 0.15) is 33.6 Å². The van der Waals surface area contributed by atoms with Crippen molar-refractivity contribution in [3.63, 3.8) is 0 Å². The number of nitrogens with one attached hydrogen (secondary N) is 1. The molecule has 2 unspecified atom stereocenters. The lowest BCUT2D eigenvalue weighted by Gasteiger charge is -2.37. The van der Waals surface area contributed by atoms with E-state index in [1.807, 2.05) is 6.92 Å². The van der Waals surface area contributed by atoms with Crippen LogP contribution in [0.25, 0.3) is 0 Å². The van der Waals surface area contributed by atoms with Crippen molar-refractivity contribution in [1.82, 2.24) is 10.2 Å². The number of carbonyl (C=O) groups excluding carboxylic acids is 1. The first-order valence-corrected chi connectivity index (χ1v) is 7.32. The van der Waals surface area contributed by atoms with Gasteiger partial charge < -0.3 is 20.1 Å². The van der Waals surface area contributed by atoms with Gasteiger partial charge in [-0.15, -0.1) is 0 Å². The maximum Gasteiger partial charge on any atom is 0.409 e. The number of rotatable bonds is 6. The van der Waals surface area contributed by atoms with Gasteiger partial charge >= 0.3 is 6.09 Å². The van der Waals surface area contributed by atoms with Crippen molar-refractivity contribution in [3.05, 3.63) is 0 Å². The van der Waals surface area contributed by atoms with E-state index in [4.69, 9.17) is 9.84 Å². The number of amides is 1. The molecule has 1 amide bonds. The van der Waals surface area contributed by atoms with E-state index in [1.54, 1.807) is 4.90 Å². The Hall–Kier alpha value is -0.810. The number of carbonyl (C=O) groups is 1. The van der Waals surface area contributed by atoms with E-state index in [1.165, 1.54) is 0 Å². The molecule has 1 fully saturated rings. The number of likely N-dealkylation sites (tertiary alicyclic amines) is 1. The maximum atomic E-state index is 11.8. The predicted molar refractivity (Wildman–Crippen MR) is 75.0 cm³/mol. The van der Waals surface area contributed by atoms with Crippen LogP contribution < -0.4 is 5.32 Å². The Bertz CT molecular complexity index is 271. The van der Waals surface area contributed by atoms with Crippen LogP contribution in [0.4, 0.5) is 4.79 Å². The first-order valence-electron chi connectivity index (χ1n) is 7.32. The summed E-state index contributed by atoms with van der Waals surface area (Å²) in [5.41, 5.74) is 0. The first kappa shape index (κ1) is 16.2. The van der Waals surface area contributed by atoms with Gasteiger partial charge in [0.05, 0.1) is 6.61 Å². The molecule has 1 rings (SSSR count). The van der Waals surface area contributed by atoms with Gasteiger partial charge in [0.1, 0.15) is 0 Å². The van der Waals surface area contributed by atoms with Gasteiger partial charge in [-0.3, -0.25) is 0 Å². The summed E-state index contributed by atoms with van der Waals surface area (Å²) in [5, 5.41) is 12.6. The number of aliphatic hydroxyl groups is 1. The number of nitrogens with zero attached hydrogens (tertiary/aromatic N) is 1. The minimum atomic E-state index is -0.235. The van der Waals surface area contributed by atoms with Crippen molar-refractivity contribution >= 4 is 6.09 Å². The zero-order valence-electron chi connectivity index (χ0n) is 12.4. The van der Waals surface area contributed by atoms with Gasteiger partial charge in [0, 0.05) is 25.7 Å². The smallest absolute Gasteiger partial charge is 0.409 e. The molecule has 19 heavy (non-hydrogen) atoms. The summed E-state index contributed by atoms with van der Waals surface area (Å²) in [6, 6.07) is 0.303. The monoisotopic (exact) mass is 272 g/mol. The summed E-state index contributed by atoms with van der Waals surface area (Å²) in [6.45, 7) is 9.10. The van der Waals surface area contributed by atoms with Gasteiger partial charge in [0.15, 0.2) is 0 Å². The fourth-order valence-corrected chi connectivity index (χ4v) is 2.51. The van der Waals surface area contributed by atoms with E-state index in [0.717, 1.165) is 19.4 Å². The molecular formula is C14H28N2O3. The Balaban J connectivity index is 2.54. The number of hydrogen-bond acceptors (Lipinski definition) is 4. The highest BCUT2D eigenvalue weighted by atomic mass is 16.6. The van der Waals surface area contributed by atoms with Crippen LogP contribution >= 0.6 is 0 Å². The summed E-state index contributed by atoms with van der Waals surface area (Å²) in [4.78, 5) is 13.6.